The smallest absolute Gasteiger partial charge is 0.339 e. The maximum Gasteiger partial charge on any atom is 0.339 e. The van der Waals surface area contributed by atoms with E-state index in [1.807, 2.05) is 0 Å². The van der Waals surface area contributed by atoms with Crippen molar-refractivity contribution in [3.05, 3.63) is 9.90 Å². The Labute approximate surface area is 79.6 Å². The van der Waals surface area contributed by atoms with Gasteiger partial charge in [-0.1, -0.05) is 27.4 Å². The van der Waals surface area contributed by atoms with Crippen LogP contribution in [0.5, 0.6) is 0 Å². The molecule has 2 aromatic heterocycles. The number of carboxylic acid groups (broad SMARTS) is 1. The number of hydrogen-bond acceptors (Lipinski definition) is 5. The van der Waals surface area contributed by atoms with Gasteiger partial charge in [-0.2, -0.15) is 0 Å². The average Bonchev–Trinajstić information content (AvgIpc) is 2.44. The van der Waals surface area contributed by atoms with Crippen LogP contribution in [0.2, 0.25) is 4.34 Å². The number of aromatic carboxylic acids is 1. The van der Waals surface area contributed by atoms with Gasteiger partial charge in [0.25, 0.3) is 0 Å². The third-order valence-corrected chi connectivity index (χ3v) is 3.44. The van der Waals surface area contributed by atoms with Crippen LogP contribution < -0.4 is 0 Å². The normalized spacial score (nSPS) is 10.8. The van der Waals surface area contributed by atoms with E-state index in [1.54, 1.807) is 0 Å². The van der Waals surface area contributed by atoms with E-state index in [2.05, 4.69) is 9.59 Å². The lowest BCUT2D eigenvalue weighted by Crippen LogP contribution is -1.93. The van der Waals surface area contributed by atoms with E-state index in [0.717, 1.165) is 22.9 Å². The lowest BCUT2D eigenvalue weighted by atomic mass is 10.3. The number of aromatic nitrogens is 2. The second-order valence-electron chi connectivity index (χ2n) is 1.96. The molecule has 0 saturated heterocycles. The van der Waals surface area contributed by atoms with E-state index in [0.29, 0.717) is 9.53 Å². The van der Waals surface area contributed by atoms with Crippen LogP contribution in [-0.4, -0.2) is 20.7 Å². The van der Waals surface area contributed by atoms with Gasteiger partial charge >= 0.3 is 5.97 Å². The Kier molecular flexibility index (Phi) is 1.75. The molecular formula is C5HClN2O2S2. The minimum absolute atomic E-state index is 0.117. The number of fused-ring (bicyclic) bond motifs is 1. The molecule has 0 spiro atoms. The van der Waals surface area contributed by atoms with E-state index in [9.17, 15) is 4.79 Å². The number of nitrogens with zero attached hydrogens (tertiary/aromatic N) is 2. The molecule has 62 valence electrons. The van der Waals surface area contributed by atoms with Gasteiger partial charge in [0.15, 0.2) is 4.83 Å². The quantitative estimate of drug-likeness (QED) is 0.800. The maximum absolute atomic E-state index is 10.7. The summed E-state index contributed by atoms with van der Waals surface area (Å²) in [5.74, 6) is -1.03. The van der Waals surface area contributed by atoms with Crippen LogP contribution in [0.1, 0.15) is 10.4 Å². The zero-order valence-electron chi connectivity index (χ0n) is 5.44. The molecular weight excluding hydrogens is 220 g/mol. The molecule has 0 radical (unpaired) electrons. The molecule has 0 saturated carbocycles. The topological polar surface area (TPSA) is 63.1 Å². The fraction of sp³-hybridized carbons (Fsp3) is 0. The monoisotopic (exact) mass is 220 g/mol. The van der Waals surface area contributed by atoms with Crippen molar-refractivity contribution < 1.29 is 9.90 Å². The summed E-state index contributed by atoms with van der Waals surface area (Å²) in [4.78, 5) is 11.3. The summed E-state index contributed by atoms with van der Waals surface area (Å²) in [6.45, 7) is 0. The summed E-state index contributed by atoms with van der Waals surface area (Å²) in [7, 11) is 0. The van der Waals surface area contributed by atoms with Crippen molar-refractivity contribution in [2.75, 3.05) is 0 Å². The molecule has 0 aliphatic carbocycles. The van der Waals surface area contributed by atoms with Crippen LogP contribution in [0.3, 0.4) is 0 Å². The number of halogens is 1. The summed E-state index contributed by atoms with van der Waals surface area (Å²) in [5, 5.41) is 12.5. The van der Waals surface area contributed by atoms with Gasteiger partial charge in [0.05, 0.1) is 0 Å². The lowest BCUT2D eigenvalue weighted by Gasteiger charge is -1.86. The maximum atomic E-state index is 10.7. The lowest BCUT2D eigenvalue weighted by molar-refractivity contribution is 0.0700. The molecule has 0 aliphatic rings. The molecule has 12 heavy (non-hydrogen) atoms. The Balaban J connectivity index is 2.84. The van der Waals surface area contributed by atoms with Crippen LogP contribution in [0, 0.1) is 0 Å². The Morgan fingerprint density at radius 2 is 2.33 bits per heavy atom. The van der Waals surface area contributed by atoms with E-state index >= 15 is 0 Å². The molecule has 0 amide bonds. The number of carbonyl (C=O) groups is 1. The first-order chi connectivity index (χ1) is 5.70. The van der Waals surface area contributed by atoms with E-state index < -0.39 is 5.97 Å². The standard InChI is InChI=1S/C5HClN2O2S2/c6-3-1(5(9)10)2-4(11-3)7-8-12-2/h(H,9,10). The van der Waals surface area contributed by atoms with Gasteiger partial charge in [-0.15, -0.1) is 5.10 Å². The molecule has 1 N–H and O–H groups in total. The second-order valence-corrected chi connectivity index (χ2v) is 4.32. The van der Waals surface area contributed by atoms with Gasteiger partial charge in [0.2, 0.25) is 0 Å². The van der Waals surface area contributed by atoms with Gasteiger partial charge in [0.1, 0.15) is 14.6 Å². The molecule has 0 fully saturated rings. The Morgan fingerprint density at radius 1 is 1.58 bits per heavy atom. The van der Waals surface area contributed by atoms with E-state index in [1.165, 1.54) is 0 Å². The number of carboxylic acids is 1. The fourth-order valence-electron chi connectivity index (χ4n) is 0.808. The van der Waals surface area contributed by atoms with Crippen LogP contribution in [0.15, 0.2) is 0 Å². The van der Waals surface area contributed by atoms with E-state index in [-0.39, 0.29) is 9.90 Å². The summed E-state index contributed by atoms with van der Waals surface area (Å²) in [6, 6.07) is 0. The van der Waals surface area contributed by atoms with Gasteiger partial charge in [-0.05, 0) is 11.5 Å². The van der Waals surface area contributed by atoms with Gasteiger partial charge < -0.3 is 5.11 Å². The SMILES string of the molecule is O=C(O)c1c(Cl)sc2nnsc12. The first-order valence-electron chi connectivity index (χ1n) is 2.84. The third-order valence-electron chi connectivity index (χ3n) is 1.28. The van der Waals surface area contributed by atoms with Crippen LogP contribution >= 0.6 is 34.5 Å². The molecule has 0 aromatic carbocycles. The minimum atomic E-state index is -1.03. The molecule has 4 nitrogen and oxygen atoms in total. The summed E-state index contributed by atoms with van der Waals surface area (Å²) < 4.78 is 4.44. The number of rotatable bonds is 1. The zero-order chi connectivity index (χ0) is 8.72. The number of hydrogen-bond donors (Lipinski definition) is 1. The molecule has 0 atom stereocenters. The van der Waals surface area contributed by atoms with Crippen LogP contribution in [0.4, 0.5) is 0 Å². The molecule has 0 aliphatic heterocycles. The molecule has 2 rings (SSSR count). The first kappa shape index (κ1) is 7.90. The minimum Gasteiger partial charge on any atom is -0.478 e. The van der Waals surface area contributed by atoms with Crippen molar-refractivity contribution in [3.8, 4) is 0 Å². The average molecular weight is 221 g/mol. The van der Waals surface area contributed by atoms with Crippen molar-refractivity contribution >= 4 is 50.0 Å². The Hall–Kier alpha value is -0.720. The highest BCUT2D eigenvalue weighted by Crippen LogP contribution is 2.35. The molecule has 0 bridgehead atoms. The largest absolute Gasteiger partial charge is 0.478 e. The third kappa shape index (κ3) is 0.996. The van der Waals surface area contributed by atoms with Gasteiger partial charge in [-0.25, -0.2) is 4.79 Å². The van der Waals surface area contributed by atoms with E-state index in [4.69, 9.17) is 16.7 Å². The van der Waals surface area contributed by atoms with Crippen LogP contribution in [-0.2, 0) is 0 Å². The Morgan fingerprint density at radius 3 is 3.00 bits per heavy atom. The van der Waals surface area contributed by atoms with Crippen LogP contribution in [0.25, 0.3) is 9.53 Å². The van der Waals surface area contributed by atoms with Gasteiger partial charge in [-0.3, -0.25) is 0 Å². The van der Waals surface area contributed by atoms with Crippen molar-refractivity contribution in [1.29, 1.82) is 0 Å². The highest BCUT2D eigenvalue weighted by Gasteiger charge is 2.19. The fourth-order valence-corrected chi connectivity index (χ4v) is 2.95. The predicted octanol–water partition coefficient (Wildman–Crippen LogP) is 2.10. The second kappa shape index (κ2) is 2.65. The van der Waals surface area contributed by atoms with Crippen molar-refractivity contribution in [2.24, 2.45) is 0 Å². The molecule has 2 heterocycles. The zero-order valence-corrected chi connectivity index (χ0v) is 7.83. The van der Waals surface area contributed by atoms with Crippen molar-refractivity contribution in [1.82, 2.24) is 9.59 Å². The predicted molar refractivity (Wildman–Crippen MR) is 47.3 cm³/mol. The first-order valence-corrected chi connectivity index (χ1v) is 4.80. The Bertz CT molecular complexity index is 449. The molecule has 7 heteroatoms. The summed E-state index contributed by atoms with van der Waals surface area (Å²) in [5.41, 5.74) is 0.117. The molecule has 2 aromatic rings. The molecule has 0 unspecified atom stereocenters. The summed E-state index contributed by atoms with van der Waals surface area (Å²) >= 11 is 7.86. The van der Waals surface area contributed by atoms with Crippen molar-refractivity contribution in [3.63, 3.8) is 0 Å². The van der Waals surface area contributed by atoms with Crippen molar-refractivity contribution in [2.45, 2.75) is 0 Å². The summed E-state index contributed by atoms with van der Waals surface area (Å²) in [6.07, 6.45) is 0. The number of thiophene rings is 1. The highest BCUT2D eigenvalue weighted by molar-refractivity contribution is 7.27. The highest BCUT2D eigenvalue weighted by atomic mass is 35.5. The van der Waals surface area contributed by atoms with Gasteiger partial charge in [0, 0.05) is 0 Å².